The van der Waals surface area contributed by atoms with E-state index in [1.54, 1.807) is 36.4 Å². The molecule has 1 saturated heterocycles. The molecule has 0 radical (unpaired) electrons. The number of ether oxygens (including phenoxy) is 2. The zero-order valence-corrected chi connectivity index (χ0v) is 17.0. The quantitative estimate of drug-likeness (QED) is 0.408. The van der Waals surface area contributed by atoms with Gasteiger partial charge < -0.3 is 19.9 Å². The number of esters is 2. The van der Waals surface area contributed by atoms with Crippen LogP contribution < -0.4 is 5.32 Å². The number of anilines is 1. The molecular weight excluding hydrogens is 418 g/mol. The molecular formula is C20H16ClNO6S. The van der Waals surface area contributed by atoms with Crippen molar-refractivity contribution < 1.29 is 29.0 Å². The number of hydrogen-bond donors (Lipinski definition) is 2. The minimum absolute atomic E-state index is 0.0586. The number of cyclic esters (lactones) is 2. The van der Waals surface area contributed by atoms with Crippen molar-refractivity contribution in [2.45, 2.75) is 29.4 Å². The summed E-state index contributed by atoms with van der Waals surface area (Å²) >= 11 is 7.15. The van der Waals surface area contributed by atoms with Gasteiger partial charge in [0.05, 0.1) is 5.56 Å². The fraction of sp³-hybridized carbons (Fsp3) is 0.150. The molecule has 2 aromatic carbocycles. The first-order chi connectivity index (χ1) is 13.6. The van der Waals surface area contributed by atoms with Gasteiger partial charge in [0.1, 0.15) is 0 Å². The highest BCUT2D eigenvalue weighted by atomic mass is 35.5. The molecule has 1 fully saturated rings. The summed E-state index contributed by atoms with van der Waals surface area (Å²) < 4.78 is 10.0. The van der Waals surface area contributed by atoms with Crippen molar-refractivity contribution in [1.82, 2.24) is 0 Å². The fourth-order valence-corrected chi connectivity index (χ4v) is 3.48. The van der Waals surface area contributed by atoms with Gasteiger partial charge in [0.2, 0.25) is 0 Å². The summed E-state index contributed by atoms with van der Waals surface area (Å²) in [7, 11) is 0. The van der Waals surface area contributed by atoms with Gasteiger partial charge in [0.25, 0.3) is 5.79 Å². The average Bonchev–Trinajstić information content (AvgIpc) is 2.62. The Morgan fingerprint density at radius 1 is 1.10 bits per heavy atom. The van der Waals surface area contributed by atoms with E-state index in [0.717, 1.165) is 11.1 Å². The molecule has 0 amide bonds. The summed E-state index contributed by atoms with van der Waals surface area (Å²) in [5.41, 5.74) is 0.116. The zero-order chi connectivity index (χ0) is 21.2. The van der Waals surface area contributed by atoms with Crippen LogP contribution in [0.25, 0.3) is 0 Å². The normalized spacial score (nSPS) is 15.3. The Kier molecular flexibility index (Phi) is 5.86. The van der Waals surface area contributed by atoms with E-state index in [2.05, 4.69) is 5.32 Å². The number of halogens is 1. The molecule has 1 heterocycles. The minimum atomic E-state index is -1.33. The Bertz CT molecular complexity index is 994. The van der Waals surface area contributed by atoms with Gasteiger partial charge in [-0.25, -0.2) is 14.4 Å². The van der Waals surface area contributed by atoms with Crippen molar-refractivity contribution in [2.24, 2.45) is 0 Å². The number of hydrogen-bond acceptors (Lipinski definition) is 7. The van der Waals surface area contributed by atoms with E-state index in [9.17, 15) is 19.5 Å². The number of aromatic carboxylic acids is 1. The monoisotopic (exact) mass is 433 g/mol. The topological polar surface area (TPSA) is 102 Å². The second kappa shape index (κ2) is 8.18. The van der Waals surface area contributed by atoms with Crippen LogP contribution in [-0.2, 0) is 19.1 Å². The average molecular weight is 434 g/mol. The number of nitrogens with one attached hydrogen (secondary N) is 1. The first-order valence-electron chi connectivity index (χ1n) is 8.39. The van der Waals surface area contributed by atoms with Crippen molar-refractivity contribution in [3.05, 3.63) is 64.8 Å². The molecule has 1 aliphatic heterocycles. The van der Waals surface area contributed by atoms with Crippen LogP contribution >= 0.6 is 23.4 Å². The van der Waals surface area contributed by atoms with Crippen LogP contribution in [0.2, 0.25) is 5.02 Å². The molecule has 0 aromatic heterocycles. The smallest absolute Gasteiger partial charge is 0.350 e. The standard InChI is InChI=1S/C20H16ClNO6S/c1-20(2)27-18(25)15(19(26)28-20)10-22-12-5-8-16(14(9-12)17(23)24)29-13-6-3-11(21)4-7-13/h3-10,22H,1-2H3,(H,23,24). The third-order valence-electron chi connectivity index (χ3n) is 3.75. The van der Waals surface area contributed by atoms with E-state index >= 15 is 0 Å². The van der Waals surface area contributed by atoms with Crippen LogP contribution in [0.5, 0.6) is 0 Å². The van der Waals surface area contributed by atoms with E-state index < -0.39 is 23.7 Å². The summed E-state index contributed by atoms with van der Waals surface area (Å²) in [6, 6.07) is 11.7. The van der Waals surface area contributed by atoms with Gasteiger partial charge in [-0.05, 0) is 42.5 Å². The molecule has 0 spiro atoms. The van der Waals surface area contributed by atoms with E-state index in [1.165, 1.54) is 31.7 Å². The van der Waals surface area contributed by atoms with Gasteiger partial charge in [-0.2, -0.15) is 0 Å². The van der Waals surface area contributed by atoms with Crippen LogP contribution in [-0.4, -0.2) is 28.8 Å². The first-order valence-corrected chi connectivity index (χ1v) is 9.58. The van der Waals surface area contributed by atoms with Crippen LogP contribution in [0.4, 0.5) is 5.69 Å². The highest BCUT2D eigenvalue weighted by molar-refractivity contribution is 7.99. The Morgan fingerprint density at radius 3 is 2.31 bits per heavy atom. The highest BCUT2D eigenvalue weighted by Crippen LogP contribution is 2.33. The molecule has 9 heteroatoms. The number of carboxylic acid groups (broad SMARTS) is 1. The number of rotatable bonds is 5. The molecule has 3 rings (SSSR count). The van der Waals surface area contributed by atoms with Crippen LogP contribution in [0.1, 0.15) is 24.2 Å². The Morgan fingerprint density at radius 2 is 1.72 bits per heavy atom. The third-order valence-corrected chi connectivity index (χ3v) is 5.09. The molecule has 0 unspecified atom stereocenters. The molecule has 0 bridgehead atoms. The van der Waals surface area contributed by atoms with E-state index in [-0.39, 0.29) is 11.1 Å². The summed E-state index contributed by atoms with van der Waals surface area (Å²) in [5.74, 6) is -4.10. The zero-order valence-electron chi connectivity index (χ0n) is 15.4. The lowest BCUT2D eigenvalue weighted by Gasteiger charge is -2.29. The molecule has 1 aliphatic rings. The Hall–Kier alpha value is -2.97. The fourth-order valence-electron chi connectivity index (χ4n) is 2.44. The lowest BCUT2D eigenvalue weighted by Crippen LogP contribution is -2.42. The van der Waals surface area contributed by atoms with Gasteiger partial charge in [0, 0.05) is 40.5 Å². The molecule has 150 valence electrons. The SMILES string of the molecule is CC1(C)OC(=O)C(=CNc2ccc(Sc3ccc(Cl)cc3)c(C(=O)O)c2)C(=O)O1. The molecule has 0 saturated carbocycles. The van der Waals surface area contributed by atoms with Crippen molar-refractivity contribution in [1.29, 1.82) is 0 Å². The lowest BCUT2D eigenvalue weighted by molar-refractivity contribution is -0.222. The van der Waals surface area contributed by atoms with Gasteiger partial charge in [-0.3, -0.25) is 0 Å². The van der Waals surface area contributed by atoms with Crippen LogP contribution in [0.3, 0.4) is 0 Å². The number of carbonyl (C=O) groups is 3. The molecule has 2 aromatic rings. The van der Waals surface area contributed by atoms with Crippen molar-refractivity contribution in [2.75, 3.05) is 5.32 Å². The third kappa shape index (κ3) is 5.10. The predicted octanol–water partition coefficient (Wildman–Crippen LogP) is 4.32. The van der Waals surface area contributed by atoms with Crippen LogP contribution in [0.15, 0.2) is 64.0 Å². The maximum atomic E-state index is 12.0. The van der Waals surface area contributed by atoms with Gasteiger partial charge in [0.15, 0.2) is 5.57 Å². The largest absolute Gasteiger partial charge is 0.478 e. The van der Waals surface area contributed by atoms with Crippen LogP contribution in [0, 0.1) is 0 Å². The maximum absolute atomic E-state index is 12.0. The first kappa shape index (κ1) is 20.8. The molecule has 0 aliphatic carbocycles. The second-order valence-corrected chi connectivity index (χ2v) is 8.01. The van der Waals surface area contributed by atoms with Crippen molar-refractivity contribution >= 4 is 47.0 Å². The predicted molar refractivity (Wildman–Crippen MR) is 107 cm³/mol. The molecule has 2 N–H and O–H groups in total. The number of carbonyl (C=O) groups excluding carboxylic acids is 2. The minimum Gasteiger partial charge on any atom is -0.478 e. The van der Waals surface area contributed by atoms with Crippen molar-refractivity contribution in [3.8, 4) is 0 Å². The van der Waals surface area contributed by atoms with E-state index in [1.807, 2.05) is 0 Å². The Balaban J connectivity index is 1.81. The van der Waals surface area contributed by atoms with E-state index in [4.69, 9.17) is 21.1 Å². The van der Waals surface area contributed by atoms with Crippen molar-refractivity contribution in [3.63, 3.8) is 0 Å². The maximum Gasteiger partial charge on any atom is 0.350 e. The second-order valence-electron chi connectivity index (χ2n) is 6.45. The number of benzene rings is 2. The summed E-state index contributed by atoms with van der Waals surface area (Å²) in [5, 5.41) is 12.9. The van der Waals surface area contributed by atoms with Gasteiger partial charge in [-0.1, -0.05) is 23.4 Å². The number of carboxylic acids is 1. The van der Waals surface area contributed by atoms with Gasteiger partial charge in [-0.15, -0.1) is 0 Å². The highest BCUT2D eigenvalue weighted by Gasteiger charge is 2.38. The Labute approximate surface area is 175 Å². The molecule has 7 nitrogen and oxygen atoms in total. The summed E-state index contributed by atoms with van der Waals surface area (Å²) in [6.45, 7) is 2.90. The summed E-state index contributed by atoms with van der Waals surface area (Å²) in [4.78, 5) is 36.9. The molecule has 0 atom stereocenters. The molecule has 29 heavy (non-hydrogen) atoms. The van der Waals surface area contributed by atoms with Gasteiger partial charge >= 0.3 is 17.9 Å². The summed E-state index contributed by atoms with van der Waals surface area (Å²) in [6.07, 6.45) is 1.13. The van der Waals surface area contributed by atoms with E-state index in [0.29, 0.717) is 15.6 Å². The lowest BCUT2D eigenvalue weighted by atomic mass is 10.2.